The van der Waals surface area contributed by atoms with Crippen LogP contribution in [0.25, 0.3) is 5.82 Å². The summed E-state index contributed by atoms with van der Waals surface area (Å²) < 4.78 is 7.32. The highest BCUT2D eigenvalue weighted by Crippen LogP contribution is 2.20. The Kier molecular flexibility index (Phi) is 4.58. The number of ether oxygens (including phenoxy) is 1. The molecule has 4 rings (SSSR count). The van der Waals surface area contributed by atoms with Gasteiger partial charge in [-0.15, -0.1) is 0 Å². The summed E-state index contributed by atoms with van der Waals surface area (Å²) in [5.74, 6) is 1.97. The molecule has 1 atom stereocenters. The Balaban J connectivity index is 1.44. The number of carbonyl (C=O) groups is 1. The van der Waals surface area contributed by atoms with Crippen molar-refractivity contribution < 1.29 is 9.53 Å². The maximum Gasteiger partial charge on any atom is 0.228 e. The first-order valence-electron chi connectivity index (χ1n) is 9.08. The number of piperazine rings is 1. The summed E-state index contributed by atoms with van der Waals surface area (Å²) in [6, 6.07) is 1.98. The largest absolute Gasteiger partial charge is 0.381 e. The van der Waals surface area contributed by atoms with E-state index in [-0.39, 0.29) is 11.8 Å². The minimum absolute atomic E-state index is 0.0414. The van der Waals surface area contributed by atoms with Crippen molar-refractivity contribution in [3.63, 3.8) is 0 Å². The average Bonchev–Trinajstić information content (AvgIpc) is 3.33. The van der Waals surface area contributed by atoms with E-state index in [2.05, 4.69) is 19.9 Å². The molecule has 8 nitrogen and oxygen atoms in total. The highest BCUT2D eigenvalue weighted by molar-refractivity contribution is 5.79. The van der Waals surface area contributed by atoms with Crippen LogP contribution < -0.4 is 4.90 Å². The maximum atomic E-state index is 12.5. The number of imidazole rings is 1. The van der Waals surface area contributed by atoms with Crippen molar-refractivity contribution in [3.05, 3.63) is 30.1 Å². The molecular formula is C18H24N6O2. The van der Waals surface area contributed by atoms with Gasteiger partial charge in [0, 0.05) is 44.5 Å². The van der Waals surface area contributed by atoms with Gasteiger partial charge in [-0.25, -0.2) is 15.0 Å². The van der Waals surface area contributed by atoms with Crippen molar-refractivity contribution in [2.45, 2.75) is 20.3 Å². The predicted octanol–water partition coefficient (Wildman–Crippen LogP) is 0.964. The third-order valence-corrected chi connectivity index (χ3v) is 5.33. The molecule has 2 fully saturated rings. The lowest BCUT2D eigenvalue weighted by Gasteiger charge is -2.36. The molecule has 2 aliphatic heterocycles. The van der Waals surface area contributed by atoms with E-state index >= 15 is 0 Å². The Bertz CT molecular complexity index is 791. The molecule has 8 heteroatoms. The molecule has 0 aliphatic carbocycles. The SMILES string of the molecule is Cc1ncn(-c2cc(N3CCN(C(=O)C4CCOC4)CC3)ncn2)c1C. The molecule has 2 aromatic rings. The first-order chi connectivity index (χ1) is 12.6. The zero-order valence-corrected chi connectivity index (χ0v) is 15.3. The number of rotatable bonds is 3. The first-order valence-corrected chi connectivity index (χ1v) is 9.08. The summed E-state index contributed by atoms with van der Waals surface area (Å²) >= 11 is 0. The van der Waals surface area contributed by atoms with Gasteiger partial charge in [0.2, 0.25) is 5.91 Å². The van der Waals surface area contributed by atoms with Crippen LogP contribution in [0.15, 0.2) is 18.7 Å². The van der Waals surface area contributed by atoms with Gasteiger partial charge in [-0.3, -0.25) is 9.36 Å². The zero-order valence-electron chi connectivity index (χ0n) is 15.3. The van der Waals surface area contributed by atoms with Gasteiger partial charge in [-0.2, -0.15) is 0 Å². The number of hydrogen-bond donors (Lipinski definition) is 0. The van der Waals surface area contributed by atoms with Crippen molar-refractivity contribution in [3.8, 4) is 5.82 Å². The van der Waals surface area contributed by atoms with E-state index in [1.807, 2.05) is 29.4 Å². The molecule has 1 amide bonds. The van der Waals surface area contributed by atoms with Crippen LogP contribution >= 0.6 is 0 Å². The van der Waals surface area contributed by atoms with Crippen LogP contribution in [0.1, 0.15) is 17.8 Å². The van der Waals surface area contributed by atoms with E-state index in [4.69, 9.17) is 4.74 Å². The highest BCUT2D eigenvalue weighted by atomic mass is 16.5. The summed E-state index contributed by atoms with van der Waals surface area (Å²) in [6.45, 7) is 8.27. The molecule has 26 heavy (non-hydrogen) atoms. The molecule has 2 aromatic heterocycles. The molecule has 1 unspecified atom stereocenters. The molecule has 0 saturated carbocycles. The van der Waals surface area contributed by atoms with Crippen LogP contribution in [0, 0.1) is 19.8 Å². The molecule has 4 heterocycles. The standard InChI is InChI=1S/C18H24N6O2/c1-13-14(2)24(12-21-13)17-9-16(19-11-20-17)22-4-6-23(7-5-22)18(25)15-3-8-26-10-15/h9,11-12,15H,3-8,10H2,1-2H3. The van der Waals surface area contributed by atoms with Gasteiger partial charge in [0.15, 0.2) is 0 Å². The summed E-state index contributed by atoms with van der Waals surface area (Å²) in [4.78, 5) is 29.8. The van der Waals surface area contributed by atoms with Crippen LogP contribution in [0.5, 0.6) is 0 Å². The van der Waals surface area contributed by atoms with Crippen molar-refractivity contribution in [1.29, 1.82) is 0 Å². The topological polar surface area (TPSA) is 76.4 Å². The Labute approximate surface area is 152 Å². The number of hydrogen-bond acceptors (Lipinski definition) is 6. The van der Waals surface area contributed by atoms with Crippen molar-refractivity contribution in [2.75, 3.05) is 44.3 Å². The molecule has 0 aromatic carbocycles. The van der Waals surface area contributed by atoms with Crippen molar-refractivity contribution >= 4 is 11.7 Å². The van der Waals surface area contributed by atoms with Crippen LogP contribution in [0.2, 0.25) is 0 Å². The lowest BCUT2D eigenvalue weighted by atomic mass is 10.1. The third kappa shape index (κ3) is 3.16. The summed E-state index contributed by atoms with van der Waals surface area (Å²) in [5, 5.41) is 0. The Hall–Kier alpha value is -2.48. The molecule has 0 spiro atoms. The van der Waals surface area contributed by atoms with E-state index in [0.717, 1.165) is 55.6 Å². The minimum atomic E-state index is 0.0414. The predicted molar refractivity (Wildman–Crippen MR) is 96.3 cm³/mol. The lowest BCUT2D eigenvalue weighted by Crippen LogP contribution is -2.50. The normalized spacial score (nSPS) is 20.6. The zero-order chi connectivity index (χ0) is 18.1. The molecule has 0 N–H and O–H groups in total. The second kappa shape index (κ2) is 7.03. The van der Waals surface area contributed by atoms with E-state index in [1.54, 1.807) is 12.7 Å². The molecule has 138 valence electrons. The van der Waals surface area contributed by atoms with E-state index in [1.165, 1.54) is 0 Å². The van der Waals surface area contributed by atoms with Crippen LogP contribution in [-0.2, 0) is 9.53 Å². The van der Waals surface area contributed by atoms with Gasteiger partial charge < -0.3 is 14.5 Å². The average molecular weight is 356 g/mol. The number of anilines is 1. The van der Waals surface area contributed by atoms with E-state index in [9.17, 15) is 4.79 Å². The fourth-order valence-corrected chi connectivity index (χ4v) is 3.51. The number of amides is 1. The van der Waals surface area contributed by atoms with Crippen molar-refractivity contribution in [1.82, 2.24) is 24.4 Å². The van der Waals surface area contributed by atoms with E-state index in [0.29, 0.717) is 13.2 Å². The van der Waals surface area contributed by atoms with Gasteiger partial charge in [0.25, 0.3) is 0 Å². The first kappa shape index (κ1) is 17.0. The summed E-state index contributed by atoms with van der Waals surface area (Å²) in [7, 11) is 0. The Morgan fingerprint density at radius 1 is 1.12 bits per heavy atom. The van der Waals surface area contributed by atoms with Gasteiger partial charge in [-0.05, 0) is 20.3 Å². The Morgan fingerprint density at radius 2 is 1.88 bits per heavy atom. The number of aryl methyl sites for hydroxylation is 1. The monoisotopic (exact) mass is 356 g/mol. The number of aromatic nitrogens is 4. The van der Waals surface area contributed by atoms with Crippen LogP contribution in [0.3, 0.4) is 0 Å². The van der Waals surface area contributed by atoms with E-state index < -0.39 is 0 Å². The Morgan fingerprint density at radius 3 is 2.54 bits per heavy atom. The highest BCUT2D eigenvalue weighted by Gasteiger charge is 2.30. The molecule has 0 radical (unpaired) electrons. The molecule has 2 aliphatic rings. The quantitative estimate of drug-likeness (QED) is 0.815. The van der Waals surface area contributed by atoms with Crippen LogP contribution in [-0.4, -0.2) is 69.7 Å². The maximum absolute atomic E-state index is 12.5. The smallest absolute Gasteiger partial charge is 0.228 e. The second-order valence-electron chi connectivity index (χ2n) is 6.89. The number of carbonyl (C=O) groups excluding carboxylic acids is 1. The van der Waals surface area contributed by atoms with Gasteiger partial charge in [0.05, 0.1) is 18.2 Å². The third-order valence-electron chi connectivity index (χ3n) is 5.33. The molecule has 2 saturated heterocycles. The fraction of sp³-hybridized carbons (Fsp3) is 0.556. The van der Waals surface area contributed by atoms with Crippen LogP contribution in [0.4, 0.5) is 5.82 Å². The second-order valence-corrected chi connectivity index (χ2v) is 6.89. The van der Waals surface area contributed by atoms with Crippen molar-refractivity contribution in [2.24, 2.45) is 5.92 Å². The molecular weight excluding hydrogens is 332 g/mol. The lowest BCUT2D eigenvalue weighted by molar-refractivity contribution is -0.135. The molecule has 0 bridgehead atoms. The minimum Gasteiger partial charge on any atom is -0.381 e. The fourth-order valence-electron chi connectivity index (χ4n) is 3.51. The van der Waals surface area contributed by atoms with Gasteiger partial charge >= 0.3 is 0 Å². The number of nitrogens with zero attached hydrogens (tertiary/aromatic N) is 6. The summed E-state index contributed by atoms with van der Waals surface area (Å²) in [6.07, 6.45) is 4.22. The summed E-state index contributed by atoms with van der Waals surface area (Å²) in [5.41, 5.74) is 2.07. The van der Waals surface area contributed by atoms with Gasteiger partial charge in [0.1, 0.15) is 24.3 Å². The van der Waals surface area contributed by atoms with Gasteiger partial charge in [-0.1, -0.05) is 0 Å².